The molecule has 0 fully saturated rings. The topological polar surface area (TPSA) is 31.2 Å². The highest BCUT2D eigenvalue weighted by molar-refractivity contribution is 6.17. The monoisotopic (exact) mass is 349 g/mol. The van der Waals surface area contributed by atoms with Crippen LogP contribution in [0.15, 0.2) is 54.6 Å². The molecule has 0 saturated carbocycles. The van der Waals surface area contributed by atoms with Crippen LogP contribution in [0.3, 0.4) is 0 Å². The standard InChI is InChI=1S/C23H27NO2/c1-4-5-7-16-21(26-3)24-17(2)22(19-14-10-11-15-20(19)24)23(25)18-12-8-6-9-13-18/h6,8-15,21H,4-5,7,16H2,1-3H3. The number of unbranched alkanes of at least 4 members (excludes halogenated alkanes) is 2. The molecule has 0 aliphatic heterocycles. The Kier molecular flexibility index (Phi) is 5.89. The number of fused-ring (bicyclic) bond motifs is 1. The molecule has 1 aromatic heterocycles. The van der Waals surface area contributed by atoms with Gasteiger partial charge in [-0.2, -0.15) is 0 Å². The minimum absolute atomic E-state index is 0.0521. The molecule has 3 rings (SSSR count). The van der Waals surface area contributed by atoms with Crippen molar-refractivity contribution in [2.75, 3.05) is 7.11 Å². The highest BCUT2D eigenvalue weighted by atomic mass is 16.5. The third-order valence-electron chi connectivity index (χ3n) is 5.03. The van der Waals surface area contributed by atoms with E-state index in [-0.39, 0.29) is 12.0 Å². The summed E-state index contributed by atoms with van der Waals surface area (Å²) in [6, 6.07) is 17.6. The summed E-state index contributed by atoms with van der Waals surface area (Å²) < 4.78 is 8.02. The molecule has 136 valence electrons. The summed E-state index contributed by atoms with van der Waals surface area (Å²) in [4.78, 5) is 13.2. The van der Waals surface area contributed by atoms with Gasteiger partial charge in [0.05, 0.1) is 11.1 Å². The summed E-state index contributed by atoms with van der Waals surface area (Å²) >= 11 is 0. The van der Waals surface area contributed by atoms with E-state index in [1.807, 2.05) is 55.5 Å². The molecule has 1 heterocycles. The maximum atomic E-state index is 13.2. The number of ether oxygens (including phenoxy) is 1. The predicted molar refractivity (Wildman–Crippen MR) is 107 cm³/mol. The molecule has 0 bridgehead atoms. The number of benzene rings is 2. The Hall–Kier alpha value is -2.39. The van der Waals surface area contributed by atoms with Gasteiger partial charge in [0.1, 0.15) is 6.23 Å². The fourth-order valence-corrected chi connectivity index (χ4v) is 3.70. The van der Waals surface area contributed by atoms with E-state index in [1.165, 1.54) is 12.8 Å². The second-order valence-corrected chi connectivity index (χ2v) is 6.73. The molecule has 3 nitrogen and oxygen atoms in total. The number of rotatable bonds is 8. The van der Waals surface area contributed by atoms with Gasteiger partial charge in [-0.3, -0.25) is 4.79 Å². The minimum Gasteiger partial charge on any atom is -0.361 e. The van der Waals surface area contributed by atoms with Crippen molar-refractivity contribution in [2.24, 2.45) is 0 Å². The van der Waals surface area contributed by atoms with Gasteiger partial charge in [0.15, 0.2) is 5.78 Å². The Balaban J connectivity index is 2.11. The van der Waals surface area contributed by atoms with E-state index < -0.39 is 0 Å². The van der Waals surface area contributed by atoms with Gasteiger partial charge in [-0.05, 0) is 25.8 Å². The Morgan fingerprint density at radius 3 is 2.42 bits per heavy atom. The van der Waals surface area contributed by atoms with Crippen LogP contribution in [0.1, 0.15) is 60.5 Å². The lowest BCUT2D eigenvalue weighted by Gasteiger charge is -2.20. The molecule has 3 heteroatoms. The van der Waals surface area contributed by atoms with Gasteiger partial charge < -0.3 is 9.30 Å². The average Bonchev–Trinajstić information content (AvgIpc) is 2.97. The first-order chi connectivity index (χ1) is 12.7. The maximum absolute atomic E-state index is 13.2. The molecule has 0 aliphatic carbocycles. The fourth-order valence-electron chi connectivity index (χ4n) is 3.70. The molecule has 26 heavy (non-hydrogen) atoms. The van der Waals surface area contributed by atoms with Crippen LogP contribution in [0.5, 0.6) is 0 Å². The number of para-hydroxylation sites is 1. The quantitative estimate of drug-likeness (QED) is 0.374. The molecular formula is C23H27NO2. The molecular weight excluding hydrogens is 322 g/mol. The molecule has 2 aromatic carbocycles. The Morgan fingerprint density at radius 2 is 1.73 bits per heavy atom. The summed E-state index contributed by atoms with van der Waals surface area (Å²) in [6.45, 7) is 4.23. The van der Waals surface area contributed by atoms with Gasteiger partial charge >= 0.3 is 0 Å². The van der Waals surface area contributed by atoms with Crippen molar-refractivity contribution in [3.05, 3.63) is 71.4 Å². The SMILES string of the molecule is CCCCCC(OC)n1c(C)c(C(=O)c2ccccc2)c2ccccc21. The Bertz CT molecular complexity index is 880. The third-order valence-corrected chi connectivity index (χ3v) is 5.03. The van der Waals surface area contributed by atoms with Crippen LogP contribution in [0.25, 0.3) is 10.9 Å². The second kappa shape index (κ2) is 8.33. The largest absolute Gasteiger partial charge is 0.361 e. The first kappa shape index (κ1) is 18.4. The zero-order valence-corrected chi connectivity index (χ0v) is 15.9. The van der Waals surface area contributed by atoms with E-state index in [0.717, 1.165) is 40.6 Å². The molecule has 0 N–H and O–H groups in total. The van der Waals surface area contributed by atoms with E-state index in [0.29, 0.717) is 0 Å². The minimum atomic E-state index is -0.0521. The lowest BCUT2D eigenvalue weighted by atomic mass is 10.0. The van der Waals surface area contributed by atoms with Crippen molar-refractivity contribution in [3.8, 4) is 0 Å². The number of ketones is 1. The number of nitrogens with zero attached hydrogens (tertiary/aromatic N) is 1. The molecule has 0 aliphatic rings. The van der Waals surface area contributed by atoms with E-state index in [1.54, 1.807) is 7.11 Å². The van der Waals surface area contributed by atoms with Crippen molar-refractivity contribution < 1.29 is 9.53 Å². The zero-order valence-electron chi connectivity index (χ0n) is 15.9. The van der Waals surface area contributed by atoms with E-state index in [2.05, 4.69) is 17.6 Å². The molecule has 0 amide bonds. The molecule has 0 saturated heterocycles. The fraction of sp³-hybridized carbons (Fsp3) is 0.348. The molecule has 3 aromatic rings. The molecule has 1 unspecified atom stereocenters. The van der Waals surface area contributed by atoms with Gasteiger partial charge in [0.2, 0.25) is 0 Å². The summed E-state index contributed by atoms with van der Waals surface area (Å²) in [5, 5.41) is 0.997. The highest BCUT2D eigenvalue weighted by Crippen LogP contribution is 2.32. The van der Waals surface area contributed by atoms with Crippen LogP contribution in [0, 0.1) is 6.92 Å². The smallest absolute Gasteiger partial charge is 0.195 e. The summed E-state index contributed by atoms with van der Waals surface area (Å²) in [5.41, 5.74) is 3.54. The first-order valence-corrected chi connectivity index (χ1v) is 9.41. The van der Waals surface area contributed by atoms with Crippen LogP contribution in [-0.2, 0) is 4.74 Å². The van der Waals surface area contributed by atoms with Crippen molar-refractivity contribution in [1.82, 2.24) is 4.57 Å². The van der Waals surface area contributed by atoms with Gasteiger partial charge in [-0.15, -0.1) is 0 Å². The third kappa shape index (κ3) is 3.45. The summed E-state index contributed by atoms with van der Waals surface area (Å²) in [6.07, 6.45) is 4.38. The lowest BCUT2D eigenvalue weighted by molar-refractivity contribution is 0.0369. The molecule has 1 atom stereocenters. The Labute approximate surface area is 155 Å². The highest BCUT2D eigenvalue weighted by Gasteiger charge is 2.24. The van der Waals surface area contributed by atoms with Crippen LogP contribution >= 0.6 is 0 Å². The second-order valence-electron chi connectivity index (χ2n) is 6.73. The van der Waals surface area contributed by atoms with Crippen molar-refractivity contribution in [1.29, 1.82) is 0 Å². The average molecular weight is 349 g/mol. The van der Waals surface area contributed by atoms with Gasteiger partial charge in [-0.25, -0.2) is 0 Å². The number of methoxy groups -OCH3 is 1. The zero-order chi connectivity index (χ0) is 18.5. The van der Waals surface area contributed by atoms with Crippen molar-refractivity contribution >= 4 is 16.7 Å². The van der Waals surface area contributed by atoms with Crippen LogP contribution < -0.4 is 0 Å². The number of hydrogen-bond donors (Lipinski definition) is 0. The van der Waals surface area contributed by atoms with Gasteiger partial charge in [0, 0.05) is 23.8 Å². The summed E-state index contributed by atoms with van der Waals surface area (Å²) in [5.74, 6) is 0.0708. The predicted octanol–water partition coefficient (Wildman–Crippen LogP) is 5.91. The number of hydrogen-bond acceptors (Lipinski definition) is 2. The number of carbonyl (C=O) groups is 1. The number of aromatic nitrogens is 1. The van der Waals surface area contributed by atoms with Crippen molar-refractivity contribution in [3.63, 3.8) is 0 Å². The lowest BCUT2D eigenvalue weighted by Crippen LogP contribution is -2.14. The van der Waals surface area contributed by atoms with E-state index in [4.69, 9.17) is 4.74 Å². The van der Waals surface area contributed by atoms with E-state index >= 15 is 0 Å². The van der Waals surface area contributed by atoms with Crippen LogP contribution in [0.2, 0.25) is 0 Å². The first-order valence-electron chi connectivity index (χ1n) is 9.41. The van der Waals surface area contributed by atoms with E-state index in [9.17, 15) is 4.79 Å². The normalized spacial score (nSPS) is 12.4. The van der Waals surface area contributed by atoms with Crippen LogP contribution in [-0.4, -0.2) is 17.5 Å². The number of carbonyl (C=O) groups excluding carboxylic acids is 1. The Morgan fingerprint density at radius 1 is 1.04 bits per heavy atom. The van der Waals surface area contributed by atoms with Crippen molar-refractivity contribution in [2.45, 2.75) is 45.8 Å². The van der Waals surface area contributed by atoms with Gasteiger partial charge in [0.25, 0.3) is 0 Å². The molecule has 0 spiro atoms. The van der Waals surface area contributed by atoms with Gasteiger partial charge in [-0.1, -0.05) is 68.3 Å². The summed E-state index contributed by atoms with van der Waals surface area (Å²) in [7, 11) is 1.75. The molecule has 0 radical (unpaired) electrons. The van der Waals surface area contributed by atoms with Crippen LogP contribution in [0.4, 0.5) is 0 Å². The maximum Gasteiger partial charge on any atom is 0.195 e.